The molecule has 0 aromatic carbocycles. The molecule has 6 nitrogen and oxygen atoms in total. The molecule has 1 aromatic heterocycles. The Morgan fingerprint density at radius 3 is 2.71 bits per heavy atom. The second kappa shape index (κ2) is 5.33. The average Bonchev–Trinajstić information content (AvgIpc) is 2.24. The molecule has 1 aromatic rings. The Labute approximate surface area is 102 Å². The minimum atomic E-state index is -3.19. The molecule has 0 aliphatic heterocycles. The molecular formula is C10H18N4O2S. The van der Waals surface area contributed by atoms with E-state index in [2.05, 4.69) is 10.3 Å². The second-order valence-corrected chi connectivity index (χ2v) is 6.22. The number of pyridine rings is 1. The van der Waals surface area contributed by atoms with Gasteiger partial charge in [0.2, 0.25) is 10.0 Å². The highest BCUT2D eigenvalue weighted by atomic mass is 32.2. The van der Waals surface area contributed by atoms with Crippen molar-refractivity contribution < 1.29 is 8.42 Å². The number of nitrogens with zero attached hydrogens (tertiary/aromatic N) is 2. The van der Waals surface area contributed by atoms with Crippen molar-refractivity contribution in [1.82, 2.24) is 9.29 Å². The Balaban J connectivity index is 2.61. The maximum absolute atomic E-state index is 11.5. The Kier molecular flexibility index (Phi) is 4.30. The number of nitrogens with one attached hydrogen (secondary N) is 1. The molecule has 0 radical (unpaired) electrons. The molecule has 0 unspecified atom stereocenters. The van der Waals surface area contributed by atoms with Crippen LogP contribution < -0.4 is 11.1 Å². The van der Waals surface area contributed by atoms with Gasteiger partial charge in [-0.1, -0.05) is 0 Å². The number of nitrogens with two attached hydrogens (primary N) is 1. The first-order valence-electron chi connectivity index (χ1n) is 5.20. The van der Waals surface area contributed by atoms with Gasteiger partial charge in [-0.25, -0.2) is 17.7 Å². The van der Waals surface area contributed by atoms with Crippen LogP contribution in [0.3, 0.4) is 0 Å². The quantitative estimate of drug-likeness (QED) is 0.791. The largest absolute Gasteiger partial charge is 0.396 e. The third kappa shape index (κ3) is 3.57. The maximum Gasteiger partial charge on any atom is 0.215 e. The number of hydrogen-bond acceptors (Lipinski definition) is 5. The zero-order chi connectivity index (χ0) is 13.1. The van der Waals surface area contributed by atoms with Crippen LogP contribution in [0.4, 0.5) is 11.5 Å². The van der Waals surface area contributed by atoms with Crippen molar-refractivity contribution in [2.24, 2.45) is 0 Å². The Morgan fingerprint density at radius 2 is 2.12 bits per heavy atom. The van der Waals surface area contributed by atoms with E-state index in [1.165, 1.54) is 18.4 Å². The van der Waals surface area contributed by atoms with E-state index in [1.54, 1.807) is 12.3 Å². The molecule has 0 spiro atoms. The summed E-state index contributed by atoms with van der Waals surface area (Å²) in [6.45, 7) is 2.15. The van der Waals surface area contributed by atoms with Gasteiger partial charge in [0.1, 0.15) is 5.82 Å². The number of aryl methyl sites for hydroxylation is 1. The van der Waals surface area contributed by atoms with E-state index >= 15 is 0 Å². The smallest absolute Gasteiger partial charge is 0.215 e. The van der Waals surface area contributed by atoms with Crippen molar-refractivity contribution in [2.75, 3.05) is 37.4 Å². The van der Waals surface area contributed by atoms with Crippen LogP contribution in [0.1, 0.15) is 5.56 Å². The molecule has 0 fully saturated rings. The molecule has 96 valence electrons. The highest BCUT2D eigenvalue weighted by Gasteiger charge is 2.13. The summed E-state index contributed by atoms with van der Waals surface area (Å²) in [5.41, 5.74) is 7.27. The van der Waals surface area contributed by atoms with Gasteiger partial charge >= 0.3 is 0 Å². The van der Waals surface area contributed by atoms with Gasteiger partial charge in [-0.2, -0.15) is 0 Å². The number of sulfonamides is 1. The lowest BCUT2D eigenvalue weighted by Crippen LogP contribution is -2.28. The minimum absolute atomic E-state index is 0.00899. The van der Waals surface area contributed by atoms with Crippen LogP contribution in [0.5, 0.6) is 0 Å². The number of nitrogen functional groups attached to an aromatic ring is 1. The molecule has 0 aliphatic rings. The van der Waals surface area contributed by atoms with E-state index in [-0.39, 0.29) is 12.3 Å². The Hall–Kier alpha value is -1.34. The first-order chi connectivity index (χ1) is 7.84. The van der Waals surface area contributed by atoms with Crippen molar-refractivity contribution in [3.8, 4) is 0 Å². The van der Waals surface area contributed by atoms with Crippen LogP contribution in [0.25, 0.3) is 0 Å². The van der Waals surface area contributed by atoms with Crippen LogP contribution in [-0.2, 0) is 10.0 Å². The molecule has 0 aliphatic carbocycles. The van der Waals surface area contributed by atoms with Crippen molar-refractivity contribution >= 4 is 21.5 Å². The van der Waals surface area contributed by atoms with Gasteiger partial charge in [0.15, 0.2) is 0 Å². The summed E-state index contributed by atoms with van der Waals surface area (Å²) < 4.78 is 24.2. The molecule has 0 atom stereocenters. The van der Waals surface area contributed by atoms with Crippen molar-refractivity contribution in [1.29, 1.82) is 0 Å². The third-order valence-electron chi connectivity index (χ3n) is 2.42. The highest BCUT2D eigenvalue weighted by Crippen LogP contribution is 2.18. The van der Waals surface area contributed by atoms with Crippen LogP contribution in [0.2, 0.25) is 0 Å². The van der Waals surface area contributed by atoms with E-state index in [0.29, 0.717) is 11.5 Å². The van der Waals surface area contributed by atoms with Gasteiger partial charge < -0.3 is 11.1 Å². The molecule has 0 amide bonds. The molecular weight excluding hydrogens is 240 g/mol. The predicted octanol–water partition coefficient (Wildman–Crippen LogP) is 0.276. The summed E-state index contributed by atoms with van der Waals surface area (Å²) in [5, 5.41) is 2.92. The molecule has 1 heterocycles. The molecule has 17 heavy (non-hydrogen) atoms. The fourth-order valence-corrected chi connectivity index (χ4v) is 1.92. The summed E-state index contributed by atoms with van der Waals surface area (Å²) in [7, 11) is -0.172. The van der Waals surface area contributed by atoms with E-state index in [0.717, 1.165) is 5.56 Å². The monoisotopic (exact) mass is 258 g/mol. The molecule has 3 N–H and O–H groups in total. The summed E-state index contributed by atoms with van der Waals surface area (Å²) >= 11 is 0. The standard InChI is InChI=1S/C10H18N4O2S/c1-8-4-5-12-10(9(8)11)13-6-7-17(15,16)14(2)3/h4-5H,6-7,11H2,1-3H3,(H,12,13). The number of hydrogen-bond donors (Lipinski definition) is 2. The van der Waals surface area contributed by atoms with Gasteiger partial charge in [0, 0.05) is 26.8 Å². The number of aromatic nitrogens is 1. The molecule has 7 heteroatoms. The fraction of sp³-hybridized carbons (Fsp3) is 0.500. The fourth-order valence-electron chi connectivity index (χ4n) is 1.19. The van der Waals surface area contributed by atoms with Gasteiger partial charge in [-0.3, -0.25) is 0 Å². The topological polar surface area (TPSA) is 88.3 Å². The molecule has 1 rings (SSSR count). The van der Waals surface area contributed by atoms with Crippen LogP contribution in [0.15, 0.2) is 12.3 Å². The van der Waals surface area contributed by atoms with Crippen molar-refractivity contribution in [3.05, 3.63) is 17.8 Å². The Bertz CT molecular complexity index is 485. The molecule has 0 saturated carbocycles. The summed E-state index contributed by atoms with van der Waals surface area (Å²) in [4.78, 5) is 4.06. The minimum Gasteiger partial charge on any atom is -0.396 e. The van der Waals surface area contributed by atoms with Crippen molar-refractivity contribution in [3.63, 3.8) is 0 Å². The molecule has 0 saturated heterocycles. The maximum atomic E-state index is 11.5. The lowest BCUT2D eigenvalue weighted by Gasteiger charge is -2.13. The summed E-state index contributed by atoms with van der Waals surface area (Å²) in [5.74, 6) is 0.536. The third-order valence-corrected chi connectivity index (χ3v) is 4.25. The number of rotatable bonds is 5. The second-order valence-electron chi connectivity index (χ2n) is 3.92. The van der Waals surface area contributed by atoms with Crippen LogP contribution in [0, 0.1) is 6.92 Å². The van der Waals surface area contributed by atoms with E-state index in [9.17, 15) is 8.42 Å². The highest BCUT2D eigenvalue weighted by molar-refractivity contribution is 7.89. The summed E-state index contributed by atoms with van der Waals surface area (Å²) in [6, 6.07) is 1.80. The van der Waals surface area contributed by atoms with E-state index < -0.39 is 10.0 Å². The van der Waals surface area contributed by atoms with Gasteiger partial charge in [0.25, 0.3) is 0 Å². The van der Waals surface area contributed by atoms with E-state index in [4.69, 9.17) is 5.73 Å². The van der Waals surface area contributed by atoms with E-state index in [1.807, 2.05) is 6.92 Å². The zero-order valence-corrected chi connectivity index (χ0v) is 11.1. The van der Waals surface area contributed by atoms with Gasteiger partial charge in [0.05, 0.1) is 11.4 Å². The predicted molar refractivity (Wildman–Crippen MR) is 69.3 cm³/mol. The van der Waals surface area contributed by atoms with Crippen LogP contribution >= 0.6 is 0 Å². The lowest BCUT2D eigenvalue weighted by atomic mass is 10.2. The normalized spacial score (nSPS) is 11.8. The SMILES string of the molecule is Cc1ccnc(NCCS(=O)(=O)N(C)C)c1N. The van der Waals surface area contributed by atoms with Gasteiger partial charge in [-0.05, 0) is 18.6 Å². The summed E-state index contributed by atoms with van der Waals surface area (Å²) in [6.07, 6.45) is 1.63. The Morgan fingerprint density at radius 1 is 1.47 bits per heavy atom. The average molecular weight is 258 g/mol. The van der Waals surface area contributed by atoms with Gasteiger partial charge in [-0.15, -0.1) is 0 Å². The van der Waals surface area contributed by atoms with Crippen LogP contribution in [-0.4, -0.2) is 44.1 Å². The first-order valence-corrected chi connectivity index (χ1v) is 6.80. The molecule has 0 bridgehead atoms. The van der Waals surface area contributed by atoms with Crippen molar-refractivity contribution in [2.45, 2.75) is 6.92 Å². The number of anilines is 2. The lowest BCUT2D eigenvalue weighted by molar-refractivity contribution is 0.521. The zero-order valence-electron chi connectivity index (χ0n) is 10.3. The first kappa shape index (κ1) is 13.7.